The molecule has 0 bridgehead atoms. The highest BCUT2D eigenvalue weighted by Gasteiger charge is 2.27. The van der Waals surface area contributed by atoms with Gasteiger partial charge in [0.1, 0.15) is 22.4 Å². The molecule has 0 aromatic carbocycles. The van der Waals surface area contributed by atoms with Crippen molar-refractivity contribution >= 4 is 27.6 Å². The molecule has 8 nitrogen and oxygen atoms in total. The molecule has 158 valence electrons. The topological polar surface area (TPSA) is 109 Å². The quantitative estimate of drug-likeness (QED) is 0.674. The Balaban J connectivity index is 1.29. The zero-order chi connectivity index (χ0) is 20.4. The first-order valence-corrected chi connectivity index (χ1v) is 10.8. The van der Waals surface area contributed by atoms with Crippen LogP contribution in [0.25, 0.3) is 10.2 Å². The van der Waals surface area contributed by atoms with E-state index in [1.807, 2.05) is 6.92 Å². The number of primary amides is 1. The highest BCUT2D eigenvalue weighted by atomic mass is 32.1. The molecule has 2 heterocycles. The van der Waals surface area contributed by atoms with Crippen LogP contribution < -0.4 is 20.5 Å². The summed E-state index contributed by atoms with van der Waals surface area (Å²) in [7, 11) is 0. The van der Waals surface area contributed by atoms with Crippen LogP contribution in [-0.2, 0) is 4.74 Å². The van der Waals surface area contributed by atoms with Crippen LogP contribution in [0.1, 0.15) is 45.4 Å². The molecular weight excluding hydrogens is 399 g/mol. The normalized spacial score (nSPS) is 23.0. The number of hydrogen-bond acceptors (Lipinski definition) is 7. The molecule has 29 heavy (non-hydrogen) atoms. The van der Waals surface area contributed by atoms with Crippen LogP contribution in [-0.4, -0.2) is 47.0 Å². The second-order valence-corrected chi connectivity index (χ2v) is 8.61. The lowest BCUT2D eigenvalue weighted by Crippen LogP contribution is -2.40. The van der Waals surface area contributed by atoms with Gasteiger partial charge in [0.25, 0.3) is 11.1 Å². The zero-order valence-electron chi connectivity index (χ0n) is 16.2. The molecule has 10 heteroatoms. The SMILES string of the molecule is C[C@@H](COC1CCC(Oc2ncc3nc(OC4CC4)sc3c2F)CC1)NC(N)=O. The summed E-state index contributed by atoms with van der Waals surface area (Å²) in [6.07, 6.45) is 6.90. The summed E-state index contributed by atoms with van der Waals surface area (Å²) in [5, 5.41) is 3.07. The lowest BCUT2D eigenvalue weighted by Gasteiger charge is -2.29. The Morgan fingerprint density at radius 1 is 1.24 bits per heavy atom. The van der Waals surface area contributed by atoms with Gasteiger partial charge in [0.05, 0.1) is 24.9 Å². The van der Waals surface area contributed by atoms with Crippen molar-refractivity contribution in [3.8, 4) is 11.1 Å². The van der Waals surface area contributed by atoms with E-state index in [4.69, 9.17) is 19.9 Å². The standard InChI is InChI=1S/C19H25FN4O4S/c1-10(23-18(21)25)9-26-11-2-4-12(5-3-11)27-17-15(20)16-14(8-22-17)24-19(29-16)28-13-6-7-13/h8,10-13H,2-7,9H2,1H3,(H3,21,23,25)/t10-,11?,12?/m0/s1. The van der Waals surface area contributed by atoms with Crippen LogP contribution in [0.4, 0.5) is 9.18 Å². The molecule has 2 saturated carbocycles. The van der Waals surface area contributed by atoms with Gasteiger partial charge in [-0.1, -0.05) is 11.3 Å². The van der Waals surface area contributed by atoms with Gasteiger partial charge in [0.15, 0.2) is 0 Å². The van der Waals surface area contributed by atoms with Gasteiger partial charge in [-0.25, -0.2) is 14.8 Å². The number of carbonyl (C=O) groups is 1. The number of nitrogens with one attached hydrogen (secondary N) is 1. The maximum Gasteiger partial charge on any atom is 0.312 e. The van der Waals surface area contributed by atoms with Crippen molar-refractivity contribution < 1.29 is 23.4 Å². The third kappa shape index (κ3) is 5.24. The molecule has 2 aliphatic rings. The predicted octanol–water partition coefficient (Wildman–Crippen LogP) is 3.14. The van der Waals surface area contributed by atoms with Crippen molar-refractivity contribution in [2.24, 2.45) is 5.73 Å². The lowest BCUT2D eigenvalue weighted by molar-refractivity contribution is -0.00488. The summed E-state index contributed by atoms with van der Waals surface area (Å²) >= 11 is 1.20. The molecule has 4 rings (SSSR count). The number of urea groups is 1. The van der Waals surface area contributed by atoms with E-state index >= 15 is 0 Å². The van der Waals surface area contributed by atoms with Crippen LogP contribution in [0.3, 0.4) is 0 Å². The number of thiazole rings is 1. The fraction of sp³-hybridized carbons (Fsp3) is 0.632. The maximum atomic E-state index is 14.8. The van der Waals surface area contributed by atoms with Crippen LogP contribution >= 0.6 is 11.3 Å². The van der Waals surface area contributed by atoms with Crippen molar-refractivity contribution in [1.29, 1.82) is 0 Å². The average molecular weight is 424 g/mol. The fourth-order valence-electron chi connectivity index (χ4n) is 3.33. The molecule has 2 amide bonds. The van der Waals surface area contributed by atoms with Gasteiger partial charge in [0.2, 0.25) is 5.82 Å². The van der Waals surface area contributed by atoms with Gasteiger partial charge >= 0.3 is 6.03 Å². The Kier molecular flexibility index (Phi) is 6.00. The van der Waals surface area contributed by atoms with Crippen LogP contribution in [0.5, 0.6) is 11.1 Å². The van der Waals surface area contributed by atoms with Crippen molar-refractivity contribution in [1.82, 2.24) is 15.3 Å². The number of amides is 2. The van der Waals surface area contributed by atoms with Crippen molar-refractivity contribution in [2.45, 2.75) is 69.8 Å². The number of aromatic nitrogens is 2. The average Bonchev–Trinajstić information content (AvgIpc) is 3.39. The molecule has 0 spiro atoms. The minimum absolute atomic E-state index is 0.0165. The molecule has 0 radical (unpaired) electrons. The van der Waals surface area contributed by atoms with Gasteiger partial charge in [-0.3, -0.25) is 0 Å². The number of hydrogen-bond donors (Lipinski definition) is 2. The second kappa shape index (κ2) is 8.66. The highest BCUT2D eigenvalue weighted by molar-refractivity contribution is 7.20. The van der Waals surface area contributed by atoms with E-state index in [2.05, 4.69) is 15.3 Å². The number of halogens is 1. The second-order valence-electron chi connectivity index (χ2n) is 7.65. The molecule has 0 aliphatic heterocycles. The largest absolute Gasteiger partial charge is 0.472 e. The lowest BCUT2D eigenvalue weighted by atomic mass is 9.95. The first-order chi connectivity index (χ1) is 14.0. The first kappa shape index (κ1) is 20.1. The summed E-state index contributed by atoms with van der Waals surface area (Å²) in [5.74, 6) is -0.460. The highest BCUT2D eigenvalue weighted by Crippen LogP contribution is 2.36. The first-order valence-electron chi connectivity index (χ1n) is 9.94. The number of pyridine rings is 1. The van der Waals surface area contributed by atoms with Gasteiger partial charge < -0.3 is 25.3 Å². The Morgan fingerprint density at radius 2 is 1.90 bits per heavy atom. The third-order valence-electron chi connectivity index (χ3n) is 4.99. The van der Waals surface area contributed by atoms with Crippen LogP contribution in [0.15, 0.2) is 6.20 Å². The Morgan fingerprint density at radius 3 is 2.59 bits per heavy atom. The molecule has 2 aliphatic carbocycles. The summed E-state index contributed by atoms with van der Waals surface area (Å²) in [6, 6.07) is -0.698. The fourth-order valence-corrected chi connectivity index (χ4v) is 4.21. The molecule has 2 aromatic heterocycles. The Hall–Kier alpha value is -2.20. The summed E-state index contributed by atoms with van der Waals surface area (Å²) < 4.78 is 32.6. The smallest absolute Gasteiger partial charge is 0.312 e. The van der Waals surface area contributed by atoms with Crippen LogP contribution in [0.2, 0.25) is 0 Å². The minimum Gasteiger partial charge on any atom is -0.472 e. The van der Waals surface area contributed by atoms with Gasteiger partial charge in [-0.05, 0) is 45.4 Å². The number of rotatable bonds is 8. The van der Waals surface area contributed by atoms with Crippen molar-refractivity contribution in [2.75, 3.05) is 6.61 Å². The van der Waals surface area contributed by atoms with E-state index in [0.29, 0.717) is 22.0 Å². The number of nitrogens with two attached hydrogens (primary N) is 1. The van der Waals surface area contributed by atoms with Gasteiger partial charge in [-0.2, -0.15) is 4.39 Å². The third-order valence-corrected chi connectivity index (χ3v) is 5.94. The number of ether oxygens (including phenoxy) is 3. The van der Waals surface area contributed by atoms with E-state index in [9.17, 15) is 9.18 Å². The molecule has 1 atom stereocenters. The minimum atomic E-state index is -0.558. The van der Waals surface area contributed by atoms with E-state index in [-0.39, 0.29) is 30.2 Å². The van der Waals surface area contributed by atoms with E-state index in [1.54, 1.807) is 0 Å². The Labute approximate surface area is 171 Å². The monoisotopic (exact) mass is 424 g/mol. The molecule has 2 fully saturated rings. The maximum absolute atomic E-state index is 14.8. The van der Waals surface area contributed by atoms with Crippen molar-refractivity contribution in [3.63, 3.8) is 0 Å². The molecular formula is C19H25FN4O4S. The number of nitrogens with zero attached hydrogens (tertiary/aromatic N) is 2. The van der Waals surface area contributed by atoms with E-state index < -0.39 is 11.8 Å². The zero-order valence-corrected chi connectivity index (χ0v) is 17.0. The predicted molar refractivity (Wildman–Crippen MR) is 106 cm³/mol. The van der Waals surface area contributed by atoms with Gasteiger partial charge in [-0.15, -0.1) is 0 Å². The Bertz CT molecular complexity index is 867. The summed E-state index contributed by atoms with van der Waals surface area (Å²) in [5.41, 5.74) is 5.59. The van der Waals surface area contributed by atoms with E-state index in [1.165, 1.54) is 17.5 Å². The van der Waals surface area contributed by atoms with E-state index in [0.717, 1.165) is 38.5 Å². The summed E-state index contributed by atoms with van der Waals surface area (Å²) in [4.78, 5) is 19.2. The van der Waals surface area contributed by atoms with Gasteiger partial charge in [0, 0.05) is 0 Å². The molecule has 0 unspecified atom stereocenters. The summed E-state index contributed by atoms with van der Waals surface area (Å²) in [6.45, 7) is 2.24. The van der Waals surface area contributed by atoms with Crippen molar-refractivity contribution in [3.05, 3.63) is 12.0 Å². The number of carbonyl (C=O) groups excluding carboxylic acids is 1. The molecule has 3 N–H and O–H groups in total. The van der Waals surface area contributed by atoms with Crippen LogP contribution in [0, 0.1) is 5.82 Å². The number of fused-ring (bicyclic) bond motifs is 1. The molecule has 0 saturated heterocycles. The molecule has 2 aromatic rings.